The van der Waals surface area contributed by atoms with Crippen molar-refractivity contribution in [2.24, 2.45) is 7.05 Å². The van der Waals surface area contributed by atoms with Crippen molar-refractivity contribution in [3.8, 4) is 45.8 Å². The van der Waals surface area contributed by atoms with Crippen LogP contribution in [-0.2, 0) is 55.9 Å². The van der Waals surface area contributed by atoms with Gasteiger partial charge in [-0.15, -0.1) is 5.10 Å². The third-order valence-corrected chi connectivity index (χ3v) is 21.7. The van der Waals surface area contributed by atoms with E-state index in [2.05, 4.69) is 52.9 Å². The highest BCUT2D eigenvalue weighted by molar-refractivity contribution is 7.89. The van der Waals surface area contributed by atoms with Crippen LogP contribution in [0.3, 0.4) is 0 Å². The second-order valence-electron chi connectivity index (χ2n) is 24.0. The number of aromatic amines is 3. The molecule has 0 unspecified atom stereocenters. The first-order chi connectivity index (χ1) is 45.8. The van der Waals surface area contributed by atoms with Crippen LogP contribution in [-0.4, -0.2) is 207 Å². The Bertz CT molecular complexity index is 4740. The summed E-state index contributed by atoms with van der Waals surface area (Å²) in [6.45, 7) is 16.3. The second-order valence-corrected chi connectivity index (χ2v) is 27.9. The number of piperazine rings is 3. The predicted octanol–water partition coefficient (Wildman–Crippen LogP) is 5.58. The van der Waals surface area contributed by atoms with Gasteiger partial charge < -0.3 is 53.5 Å². The molecule has 5 aromatic heterocycles. The number of carbonyl (C=O) groups excluding carboxylic acids is 2. The van der Waals surface area contributed by atoms with Gasteiger partial charge in [-0.05, 0) is 106 Å². The first-order valence-corrected chi connectivity index (χ1v) is 35.1. The lowest BCUT2D eigenvalue weighted by Gasteiger charge is -2.46. The molecule has 502 valence electrons. The Hall–Kier alpha value is -9.00. The molecule has 10 heterocycles. The van der Waals surface area contributed by atoms with Crippen LogP contribution < -0.4 is 30.1 Å². The van der Waals surface area contributed by atoms with Crippen LogP contribution in [0, 0.1) is 0 Å². The number of likely N-dealkylation sites (N-methyl/N-ethyl adjacent to an activating group) is 3. The van der Waals surface area contributed by atoms with Crippen molar-refractivity contribution in [3.05, 3.63) is 134 Å². The second kappa shape index (κ2) is 27.4. The van der Waals surface area contributed by atoms with Crippen LogP contribution in [0.25, 0.3) is 50.2 Å². The normalized spacial score (nSPS) is 18.0. The molecular weight excluding hydrogens is 1260 g/mol. The standard InChI is InChI=1S/2C22H30N6O4S.C22H19N3O4/c1-5-7-17-19-20(27(4)25-17)22(29)24-21(23-19)16-14-15(8-9-18(16)32-6-2)33(30,31)28-12-10-26(3)11-13-28;1-4-7-20-23-15-18-22(29)24-21(25-28(18)20)17-14-16(8-9-19(17)32-6-3)33(30,31)27-12-10-26(5-2)11-13-27;1-24-10-19(26)25-16(22(24)27)9-14-13-4-2-3-5-15(13)23-20(14)21(25)12-6-7-17-18(8-12)29-11-28-17/h8-9,14H,5-7,10-13H2,1-4H3,(H,23,24,29);8-9,14-15H,4-7,10-13H2,1-3H3,(H,24,25,29);2-8,16,21,23H,9-11H2,1H3/t;;16-,21-/m..1/s1. The minimum absolute atomic E-state index is 0.0220. The number of hydrogen-bond acceptors (Lipinski definition) is 18. The van der Waals surface area contributed by atoms with Gasteiger partial charge >= 0.3 is 0 Å². The highest BCUT2D eigenvalue weighted by Crippen LogP contribution is 2.45. The van der Waals surface area contributed by atoms with Gasteiger partial charge in [-0.2, -0.15) is 13.7 Å². The van der Waals surface area contributed by atoms with Gasteiger partial charge in [-0.3, -0.25) is 23.9 Å². The summed E-state index contributed by atoms with van der Waals surface area (Å²) in [6, 6.07) is 22.3. The summed E-state index contributed by atoms with van der Waals surface area (Å²) in [5.74, 6) is 3.36. The molecule has 27 nitrogen and oxygen atoms in total. The Morgan fingerprint density at radius 3 is 1.95 bits per heavy atom. The van der Waals surface area contributed by atoms with Gasteiger partial charge in [-0.1, -0.05) is 51.5 Å². The molecule has 9 aromatic rings. The average molecular weight is 1340 g/mol. The van der Waals surface area contributed by atoms with Gasteiger partial charge in [0, 0.05) is 95.9 Å². The molecule has 5 aliphatic heterocycles. The topological polar surface area (TPSA) is 301 Å². The molecule has 0 bridgehead atoms. The maximum atomic E-state index is 13.4. The van der Waals surface area contributed by atoms with Crippen LogP contribution in [0.1, 0.15) is 81.8 Å². The molecule has 95 heavy (non-hydrogen) atoms. The minimum Gasteiger partial charge on any atom is -0.493 e. The fourth-order valence-electron chi connectivity index (χ4n) is 13.0. The number of benzene rings is 4. The van der Waals surface area contributed by atoms with Gasteiger partial charge in [0.25, 0.3) is 11.1 Å². The summed E-state index contributed by atoms with van der Waals surface area (Å²) in [7, 11) is -2.02. The fourth-order valence-corrected chi connectivity index (χ4v) is 15.9. The highest BCUT2D eigenvalue weighted by Gasteiger charge is 2.48. The number of carbonyl (C=O) groups is 2. The summed E-state index contributed by atoms with van der Waals surface area (Å²) >= 11 is 0. The van der Waals surface area contributed by atoms with Gasteiger partial charge in [0.2, 0.25) is 38.7 Å². The number of imidazole rings is 1. The number of amides is 2. The number of nitrogens with zero attached hydrogens (tertiary/aromatic N) is 12. The van der Waals surface area contributed by atoms with E-state index in [1.54, 1.807) is 49.3 Å². The van der Waals surface area contributed by atoms with Crippen LogP contribution in [0.4, 0.5) is 0 Å². The number of fused-ring (bicyclic) bond motifs is 7. The van der Waals surface area contributed by atoms with Crippen LogP contribution in [0.15, 0.2) is 104 Å². The van der Waals surface area contributed by atoms with Crippen LogP contribution in [0.2, 0.25) is 0 Å². The largest absolute Gasteiger partial charge is 0.493 e. The highest BCUT2D eigenvalue weighted by atomic mass is 32.2. The predicted molar refractivity (Wildman–Crippen MR) is 356 cm³/mol. The minimum atomic E-state index is -3.70. The summed E-state index contributed by atoms with van der Waals surface area (Å²) < 4.78 is 82.0. The van der Waals surface area contributed by atoms with Crippen molar-refractivity contribution in [1.29, 1.82) is 0 Å². The third kappa shape index (κ3) is 12.8. The average Bonchev–Trinajstić information content (AvgIpc) is 1.46. The molecule has 29 heteroatoms. The van der Waals surface area contributed by atoms with Crippen molar-refractivity contribution < 1.29 is 45.4 Å². The Kier molecular flexibility index (Phi) is 19.0. The molecular formula is C66H79N15O12S2. The van der Waals surface area contributed by atoms with E-state index < -0.39 is 26.1 Å². The van der Waals surface area contributed by atoms with Crippen molar-refractivity contribution >= 4 is 59.3 Å². The van der Waals surface area contributed by atoms with E-state index in [0.29, 0.717) is 141 Å². The molecule has 4 aromatic carbocycles. The molecule has 5 aliphatic rings. The Balaban J connectivity index is 0.000000137. The number of sulfonamides is 2. The van der Waals surface area contributed by atoms with E-state index in [1.165, 1.54) is 35.0 Å². The molecule has 3 N–H and O–H groups in total. The summed E-state index contributed by atoms with van der Waals surface area (Å²) in [6.07, 6.45) is 5.07. The number of ether oxygens (including phenoxy) is 4. The first-order valence-electron chi connectivity index (χ1n) is 32.2. The maximum absolute atomic E-state index is 13.4. The first kappa shape index (κ1) is 66.0. The molecule has 2 atom stereocenters. The Labute approximate surface area is 549 Å². The Morgan fingerprint density at radius 2 is 1.29 bits per heavy atom. The SMILES string of the molecule is CCCc1ncc2c(=O)[nH]c(-c3cc(S(=O)(=O)N4CCN(CC)CC4)ccc3OCC)nn12.CCCc1nn(C)c2c(=O)[nH]c(-c3cc(S(=O)(=O)N4CCN(C)CC4)ccc3OCC)nc12.CN1CC(=O)N2[C@H](c3ccc4c(c3)OCO4)c3[nH]c4ccccc4c3C[C@@H]2C1=O. The summed E-state index contributed by atoms with van der Waals surface area (Å²) in [4.78, 5) is 77.7. The van der Waals surface area contributed by atoms with E-state index in [4.69, 9.17) is 23.9 Å². The molecule has 3 fully saturated rings. The number of nitrogens with one attached hydrogen (secondary N) is 3. The molecule has 2 amide bonds. The molecule has 14 rings (SSSR count). The lowest BCUT2D eigenvalue weighted by Crippen LogP contribution is -2.62. The van der Waals surface area contributed by atoms with Crippen molar-refractivity contribution in [1.82, 2.24) is 72.5 Å². The van der Waals surface area contributed by atoms with Gasteiger partial charge in [0.05, 0.1) is 58.6 Å². The quantitative estimate of drug-likeness (QED) is 0.106. The van der Waals surface area contributed by atoms with Crippen molar-refractivity contribution in [2.45, 2.75) is 88.6 Å². The zero-order chi connectivity index (χ0) is 67.0. The number of para-hydroxylation sites is 1. The van der Waals surface area contributed by atoms with Crippen LogP contribution in [0.5, 0.6) is 23.0 Å². The zero-order valence-electron chi connectivity index (χ0n) is 54.5. The van der Waals surface area contributed by atoms with E-state index in [-0.39, 0.29) is 63.8 Å². The number of aromatic nitrogens is 9. The fraction of sp³-hybridized carbons (Fsp3) is 0.424. The molecule has 3 saturated heterocycles. The molecule has 0 spiro atoms. The number of aryl methyl sites for hydroxylation is 3. The Morgan fingerprint density at radius 1 is 0.663 bits per heavy atom. The van der Waals surface area contributed by atoms with E-state index >= 15 is 0 Å². The summed E-state index contributed by atoms with van der Waals surface area (Å²) in [5, 5.41) is 10.1. The van der Waals surface area contributed by atoms with Crippen molar-refractivity contribution in [2.75, 3.05) is 99.5 Å². The van der Waals surface area contributed by atoms with Crippen molar-refractivity contribution in [3.63, 3.8) is 0 Å². The summed E-state index contributed by atoms with van der Waals surface area (Å²) in [5.41, 5.74) is 6.14. The van der Waals surface area contributed by atoms with Gasteiger partial charge in [0.1, 0.15) is 34.7 Å². The third-order valence-electron chi connectivity index (χ3n) is 17.9. The van der Waals surface area contributed by atoms with E-state index in [1.807, 2.05) is 71.1 Å². The molecule has 0 radical (unpaired) electrons. The smallest absolute Gasteiger partial charge is 0.277 e. The van der Waals surface area contributed by atoms with E-state index in [0.717, 1.165) is 52.8 Å². The van der Waals surface area contributed by atoms with Gasteiger partial charge in [0.15, 0.2) is 28.4 Å². The van der Waals surface area contributed by atoms with Gasteiger partial charge in [-0.25, -0.2) is 31.3 Å². The lowest BCUT2D eigenvalue weighted by molar-refractivity contribution is -0.157. The number of hydrogen-bond donors (Lipinski definition) is 3. The van der Waals surface area contributed by atoms with Crippen LogP contribution >= 0.6 is 0 Å². The number of rotatable bonds is 16. The van der Waals surface area contributed by atoms with E-state index in [9.17, 15) is 36.0 Å². The maximum Gasteiger partial charge on any atom is 0.277 e. The molecule has 0 aliphatic carbocycles. The lowest BCUT2D eigenvalue weighted by atomic mass is 9.86. The monoisotopic (exact) mass is 1340 g/mol. The number of H-pyrrole nitrogens is 3. The zero-order valence-corrected chi connectivity index (χ0v) is 56.2. The molecule has 0 saturated carbocycles.